The minimum atomic E-state index is -3.86. The normalized spacial score (nSPS) is 17.5. The van der Waals surface area contributed by atoms with Crippen molar-refractivity contribution in [1.29, 1.82) is 0 Å². The predicted molar refractivity (Wildman–Crippen MR) is 76.3 cm³/mol. The van der Waals surface area contributed by atoms with E-state index < -0.39 is 9.05 Å². The Labute approximate surface area is 123 Å². The number of hydrogen-bond acceptors (Lipinski definition) is 3. The Morgan fingerprint density at radius 3 is 2.42 bits per heavy atom. The van der Waals surface area contributed by atoms with Crippen molar-refractivity contribution in [2.75, 3.05) is 0 Å². The van der Waals surface area contributed by atoms with Gasteiger partial charge in [-0.15, -0.1) is 0 Å². The molecule has 0 amide bonds. The molecule has 0 unspecified atom stereocenters. The second kappa shape index (κ2) is 5.62. The third kappa shape index (κ3) is 3.26. The fraction of sp³-hybridized carbons (Fsp3) is 0.750. The van der Waals surface area contributed by atoms with Crippen LogP contribution in [0.25, 0.3) is 0 Å². The Bertz CT molecular complexity index is 561. The molecule has 0 saturated heterocycles. The summed E-state index contributed by atoms with van der Waals surface area (Å²) in [7, 11) is 1.65. The topological polar surface area (TPSA) is 52.0 Å². The van der Waals surface area contributed by atoms with E-state index in [-0.39, 0.29) is 16.1 Å². The van der Waals surface area contributed by atoms with Crippen LogP contribution in [0, 0.1) is 5.92 Å². The van der Waals surface area contributed by atoms with Crippen molar-refractivity contribution < 1.29 is 8.42 Å². The van der Waals surface area contributed by atoms with E-state index >= 15 is 0 Å². The van der Waals surface area contributed by atoms with Crippen molar-refractivity contribution in [3.8, 4) is 0 Å². The largest absolute Gasteiger partial charge is 0.266 e. The highest BCUT2D eigenvalue weighted by atomic mass is 35.7. The van der Waals surface area contributed by atoms with Crippen LogP contribution in [0.2, 0.25) is 5.15 Å². The molecule has 0 aliphatic heterocycles. The highest BCUT2D eigenvalue weighted by molar-refractivity contribution is 8.13. The molecule has 0 bridgehead atoms. The van der Waals surface area contributed by atoms with Crippen LogP contribution in [0.5, 0.6) is 0 Å². The van der Waals surface area contributed by atoms with E-state index in [9.17, 15) is 8.42 Å². The van der Waals surface area contributed by atoms with Gasteiger partial charge < -0.3 is 0 Å². The maximum atomic E-state index is 11.7. The summed E-state index contributed by atoms with van der Waals surface area (Å²) < 4.78 is 25.1. The average Bonchev–Trinajstić information content (AvgIpc) is 2.83. The third-order valence-electron chi connectivity index (χ3n) is 3.40. The van der Waals surface area contributed by atoms with Gasteiger partial charge in [0.25, 0.3) is 9.05 Å². The Morgan fingerprint density at radius 1 is 1.37 bits per heavy atom. The molecule has 0 aromatic carbocycles. The number of hydrogen-bond donors (Lipinski definition) is 0. The van der Waals surface area contributed by atoms with Gasteiger partial charge in [-0.3, -0.25) is 0 Å². The standard InChI is InChI=1S/C12H18Cl2N2O2S/c1-8(2)7-10-11(19(14,17)18)12(13)16(15-10)9-5-3-4-6-9/h8-9H,3-7H2,1-2H3. The van der Waals surface area contributed by atoms with E-state index in [2.05, 4.69) is 5.10 Å². The van der Waals surface area contributed by atoms with Gasteiger partial charge in [0.1, 0.15) is 10.0 Å². The van der Waals surface area contributed by atoms with Gasteiger partial charge in [0.05, 0.1) is 11.7 Å². The first-order chi connectivity index (χ1) is 8.80. The third-order valence-corrected chi connectivity index (χ3v) is 5.25. The van der Waals surface area contributed by atoms with Crippen molar-refractivity contribution in [3.63, 3.8) is 0 Å². The van der Waals surface area contributed by atoms with Crippen LogP contribution in [0.15, 0.2) is 4.90 Å². The molecule has 108 valence electrons. The molecule has 7 heteroatoms. The van der Waals surface area contributed by atoms with Crippen molar-refractivity contribution in [1.82, 2.24) is 9.78 Å². The monoisotopic (exact) mass is 324 g/mol. The molecule has 0 spiro atoms. The van der Waals surface area contributed by atoms with Crippen LogP contribution in [-0.4, -0.2) is 18.2 Å². The summed E-state index contributed by atoms with van der Waals surface area (Å²) in [6.07, 6.45) is 4.79. The smallest absolute Gasteiger partial charge is 0.249 e. The van der Waals surface area contributed by atoms with Gasteiger partial charge in [-0.2, -0.15) is 5.10 Å². The van der Waals surface area contributed by atoms with E-state index in [1.807, 2.05) is 13.8 Å². The summed E-state index contributed by atoms with van der Waals surface area (Å²) >= 11 is 6.21. The molecule has 1 aromatic rings. The van der Waals surface area contributed by atoms with Gasteiger partial charge in [-0.05, 0) is 25.2 Å². The van der Waals surface area contributed by atoms with Crippen molar-refractivity contribution in [2.45, 2.75) is 56.9 Å². The zero-order valence-corrected chi connectivity index (χ0v) is 13.4. The minimum absolute atomic E-state index is 0.00330. The van der Waals surface area contributed by atoms with Crippen molar-refractivity contribution in [3.05, 3.63) is 10.8 Å². The summed E-state index contributed by atoms with van der Waals surface area (Å²) in [5.41, 5.74) is 0.488. The number of rotatable bonds is 4. The maximum absolute atomic E-state index is 11.7. The van der Waals surface area contributed by atoms with E-state index in [1.54, 1.807) is 4.68 Å². The van der Waals surface area contributed by atoms with E-state index in [0.717, 1.165) is 25.7 Å². The molecule has 1 heterocycles. The molecule has 19 heavy (non-hydrogen) atoms. The molecule has 1 saturated carbocycles. The van der Waals surface area contributed by atoms with E-state index in [1.165, 1.54) is 0 Å². The molecule has 1 aliphatic rings. The molecular weight excluding hydrogens is 307 g/mol. The van der Waals surface area contributed by atoms with Crippen LogP contribution in [-0.2, 0) is 15.5 Å². The summed E-state index contributed by atoms with van der Waals surface area (Å²) in [5.74, 6) is 0.292. The first-order valence-corrected chi connectivity index (χ1v) is 9.21. The number of nitrogens with zero attached hydrogens (tertiary/aromatic N) is 2. The Morgan fingerprint density at radius 2 is 1.95 bits per heavy atom. The van der Waals surface area contributed by atoms with Crippen LogP contribution in [0.4, 0.5) is 0 Å². The lowest BCUT2D eigenvalue weighted by atomic mass is 10.1. The van der Waals surface area contributed by atoms with Crippen LogP contribution in [0.1, 0.15) is 51.3 Å². The molecule has 1 aliphatic carbocycles. The molecule has 1 fully saturated rings. The summed E-state index contributed by atoms with van der Waals surface area (Å²) in [5, 5.41) is 4.58. The van der Waals surface area contributed by atoms with Crippen molar-refractivity contribution >= 4 is 31.3 Å². The van der Waals surface area contributed by atoms with Crippen LogP contribution in [0.3, 0.4) is 0 Å². The first kappa shape index (κ1) is 15.1. The number of halogens is 2. The maximum Gasteiger partial charge on any atom is 0.266 e. The summed E-state index contributed by atoms with van der Waals surface area (Å²) in [6, 6.07) is 0.200. The van der Waals surface area contributed by atoms with Gasteiger partial charge in [0.2, 0.25) is 0 Å². The molecular formula is C12H18Cl2N2O2S. The fourth-order valence-electron chi connectivity index (χ4n) is 2.59. The van der Waals surface area contributed by atoms with Gasteiger partial charge in [0, 0.05) is 10.7 Å². The molecule has 0 N–H and O–H groups in total. The zero-order valence-electron chi connectivity index (χ0n) is 11.1. The highest BCUT2D eigenvalue weighted by Crippen LogP contribution is 2.37. The lowest BCUT2D eigenvalue weighted by Gasteiger charge is -2.10. The fourth-order valence-corrected chi connectivity index (χ4v) is 4.49. The summed E-state index contributed by atoms with van der Waals surface area (Å²) in [6.45, 7) is 4.01. The second-order valence-corrected chi connectivity index (χ2v) is 8.35. The van der Waals surface area contributed by atoms with Gasteiger partial charge in [-0.25, -0.2) is 13.1 Å². The predicted octanol–water partition coefficient (Wildman–Crippen LogP) is 3.78. The zero-order chi connectivity index (χ0) is 14.2. The Hall–Kier alpha value is -0.260. The Balaban J connectivity index is 2.50. The SMILES string of the molecule is CC(C)Cc1nn(C2CCCC2)c(Cl)c1S(=O)(=O)Cl. The highest BCUT2D eigenvalue weighted by Gasteiger charge is 2.30. The first-order valence-electron chi connectivity index (χ1n) is 6.52. The molecule has 2 rings (SSSR count). The second-order valence-electron chi connectivity index (χ2n) is 5.49. The van der Waals surface area contributed by atoms with Gasteiger partial charge in [0.15, 0.2) is 0 Å². The van der Waals surface area contributed by atoms with Gasteiger partial charge >= 0.3 is 0 Å². The lowest BCUT2D eigenvalue weighted by Crippen LogP contribution is -2.07. The van der Waals surface area contributed by atoms with E-state index in [4.69, 9.17) is 22.3 Å². The molecule has 0 atom stereocenters. The van der Waals surface area contributed by atoms with Crippen molar-refractivity contribution in [2.24, 2.45) is 5.92 Å². The Kier molecular flexibility index (Phi) is 4.48. The molecule has 1 aromatic heterocycles. The van der Waals surface area contributed by atoms with Gasteiger partial charge in [-0.1, -0.05) is 38.3 Å². The molecule has 0 radical (unpaired) electrons. The molecule has 4 nitrogen and oxygen atoms in total. The van der Waals surface area contributed by atoms with Crippen LogP contribution >= 0.6 is 22.3 Å². The minimum Gasteiger partial charge on any atom is -0.249 e. The quantitative estimate of drug-likeness (QED) is 0.792. The average molecular weight is 325 g/mol. The number of aromatic nitrogens is 2. The van der Waals surface area contributed by atoms with E-state index in [0.29, 0.717) is 18.0 Å². The summed E-state index contributed by atoms with van der Waals surface area (Å²) in [4.78, 5) is -0.00330. The lowest BCUT2D eigenvalue weighted by molar-refractivity contribution is 0.460. The van der Waals surface area contributed by atoms with Crippen LogP contribution < -0.4 is 0 Å².